The number of rotatable bonds is 3. The van der Waals surface area contributed by atoms with E-state index in [1.54, 1.807) is 0 Å². The third-order valence-corrected chi connectivity index (χ3v) is 25.2. The molecule has 6 aromatic heterocycles. The van der Waals surface area contributed by atoms with Crippen LogP contribution in [-0.2, 0) is 27.1 Å². The average Bonchev–Trinajstić information content (AvgIpc) is 1.52. The first kappa shape index (κ1) is 60.1. The lowest BCUT2D eigenvalue weighted by Gasteiger charge is -2.35. The second kappa shape index (κ2) is 22.0. The average molecular weight is 1420 g/mol. The minimum absolute atomic E-state index is 0.103. The van der Waals surface area contributed by atoms with Crippen molar-refractivity contribution in [3.63, 3.8) is 0 Å². The van der Waals surface area contributed by atoms with Crippen LogP contribution in [-0.4, -0.2) is 29.4 Å². The zero-order valence-electron chi connectivity index (χ0n) is 70.3. The quantitative estimate of drug-likeness (QED) is 0.158. The monoisotopic (exact) mass is 1420 g/mol. The lowest BCUT2D eigenvalue weighted by molar-refractivity contribution is 0.590. The van der Waals surface area contributed by atoms with E-state index in [1.165, 1.54) is 81.8 Å². The number of benzene rings is 14. The number of fused-ring (bicyclic) bond motifs is 27. The first-order valence-electron chi connectivity index (χ1n) is 41.8. The van der Waals surface area contributed by atoms with Gasteiger partial charge in [0, 0.05) is 92.7 Å². The van der Waals surface area contributed by atoms with E-state index in [4.69, 9.17) is 4.11 Å². The molecule has 0 aliphatic carbocycles. The molecule has 22 rings (SSSR count). The van der Waals surface area contributed by atoms with Crippen LogP contribution in [0, 0.1) is 0 Å². The van der Waals surface area contributed by atoms with Crippen molar-refractivity contribution >= 4 is 170 Å². The summed E-state index contributed by atoms with van der Waals surface area (Å²) in [6.45, 7) is 34.3. The molecule has 532 valence electrons. The Morgan fingerprint density at radius 3 is 1.11 bits per heavy atom. The maximum absolute atomic E-state index is 9.59. The van der Waals surface area contributed by atoms with E-state index in [2.05, 4.69) is 351 Å². The molecule has 2 aliphatic rings. The molecule has 20 aromatic rings. The van der Waals surface area contributed by atoms with Gasteiger partial charge in [-0.1, -0.05) is 255 Å². The Bertz CT molecular complexity index is 7760. The van der Waals surface area contributed by atoms with Gasteiger partial charge in [0.05, 0.1) is 62.2 Å². The summed E-state index contributed by atoms with van der Waals surface area (Å²) in [5, 5.41) is 18.3. The first-order valence-corrected chi connectivity index (χ1v) is 39.3. The summed E-state index contributed by atoms with van der Waals surface area (Å²) >= 11 is 0. The molecule has 2 aliphatic heterocycles. The van der Waals surface area contributed by atoms with E-state index in [0.29, 0.717) is 5.56 Å². The standard InChI is InChI=1S/C104H88BN5/c1-100(2,3)61-37-43-86-76(49-61)77-50-62(101(4,5)6)38-44-87(77)106(86)66-54-81-75-48-60(59-26-17-16-18-27-59)36-42-90(75)109-93-58-92-94(74-34-25-33-73-71-31-22-20-29-69(71)68-28-19-21-30-70(68)72-32-23-24-35-85(72)108(92)96(73)74)99-95(93)105(83(56-66)97(81)109)84-57-67(55-82-80-53-65(104(13,14)15)41-47-91(80)110(99)98(82)84)107-88-45-39-63(102(7,8)9)51-78(88)79-52-64(103(10,11)12)40-46-89(79)107/h16-58H,1-15H3/i16D,17D,18D,26D,27D. The molecule has 0 bridgehead atoms. The maximum atomic E-state index is 9.59. The first-order chi connectivity index (χ1) is 54.8. The summed E-state index contributed by atoms with van der Waals surface area (Å²) in [5.74, 6) is 0. The lowest BCUT2D eigenvalue weighted by atomic mass is 9.34. The molecule has 0 amide bonds. The highest BCUT2D eigenvalue weighted by atomic mass is 15.1. The van der Waals surface area contributed by atoms with Gasteiger partial charge in [0.15, 0.2) is 0 Å². The Hall–Kier alpha value is -11.9. The molecule has 5 nitrogen and oxygen atoms in total. The van der Waals surface area contributed by atoms with Crippen LogP contribution >= 0.6 is 0 Å². The summed E-state index contributed by atoms with van der Waals surface area (Å²) in [7, 11) is 0. The molecule has 0 saturated carbocycles. The van der Waals surface area contributed by atoms with Crippen LogP contribution in [0.3, 0.4) is 0 Å². The Kier molecular flexibility index (Phi) is 12.0. The van der Waals surface area contributed by atoms with Gasteiger partial charge in [0.1, 0.15) is 0 Å². The summed E-state index contributed by atoms with van der Waals surface area (Å²) in [6.07, 6.45) is 0. The summed E-state index contributed by atoms with van der Waals surface area (Å²) in [4.78, 5) is 0. The molecule has 6 heteroatoms. The fourth-order valence-electron chi connectivity index (χ4n) is 19.6. The molecule has 14 aromatic carbocycles. The normalized spacial score (nSPS) is 14.2. The zero-order valence-corrected chi connectivity index (χ0v) is 65.3. The number of nitrogens with zero attached hydrogens (tertiary/aromatic N) is 5. The molecule has 0 atom stereocenters. The van der Waals surface area contributed by atoms with Gasteiger partial charge in [-0.3, -0.25) is 0 Å². The smallest absolute Gasteiger partial charge is 0.252 e. The largest absolute Gasteiger partial charge is 0.310 e. The minimum Gasteiger partial charge on any atom is -0.310 e. The van der Waals surface area contributed by atoms with E-state index in [9.17, 15) is 2.74 Å². The second-order valence-corrected chi connectivity index (χ2v) is 37.0. The minimum atomic E-state index is -0.419. The Morgan fingerprint density at radius 2 is 0.636 bits per heavy atom. The van der Waals surface area contributed by atoms with Crippen LogP contribution in [0.2, 0.25) is 0 Å². The van der Waals surface area contributed by atoms with Gasteiger partial charge in [0.25, 0.3) is 6.71 Å². The van der Waals surface area contributed by atoms with Crippen LogP contribution in [0.5, 0.6) is 0 Å². The summed E-state index contributed by atoms with van der Waals surface area (Å²) < 4.78 is 59.2. The molecule has 0 unspecified atom stereocenters. The molecule has 0 fully saturated rings. The second-order valence-electron chi connectivity index (χ2n) is 37.0. The predicted octanol–water partition coefficient (Wildman–Crippen LogP) is 26.0. The highest BCUT2D eigenvalue weighted by Crippen LogP contribution is 2.50. The van der Waals surface area contributed by atoms with Crippen molar-refractivity contribution in [1.82, 2.24) is 22.7 Å². The van der Waals surface area contributed by atoms with Gasteiger partial charge >= 0.3 is 0 Å². The van der Waals surface area contributed by atoms with Crippen LogP contribution in [0.4, 0.5) is 0 Å². The van der Waals surface area contributed by atoms with Crippen LogP contribution < -0.4 is 16.4 Å². The van der Waals surface area contributed by atoms with Crippen LogP contribution in [0.15, 0.2) is 261 Å². The molecule has 8 heterocycles. The van der Waals surface area contributed by atoms with Gasteiger partial charge in [-0.25, -0.2) is 0 Å². The summed E-state index contributed by atoms with van der Waals surface area (Å²) in [5.41, 5.74) is 26.2. The van der Waals surface area contributed by atoms with Crippen molar-refractivity contribution in [2.45, 2.75) is 131 Å². The molecular weight excluding hydrogens is 1330 g/mol. The number of para-hydroxylation sites is 2. The number of hydrogen-bond acceptors (Lipinski definition) is 0. The molecular formula is C104H88BN5. The number of aromatic nitrogens is 5. The van der Waals surface area contributed by atoms with Crippen molar-refractivity contribution in [3.8, 4) is 33.9 Å². The SMILES string of the molecule is [2H]c1c([2H])c([2H])c(-c2ccc3c(c2)c2cc(-n4c5ccc(C(C)(C)C)cc5c5cc(C(C)(C)C)ccc54)cc4c2n3-c2cc3c(c5c2B4c2cc(-n4c6ccc(C(C)(C)C)cc6c6cc(C(C)(C)C)ccc64)cc4c6cc(C(C)(C)C)ccc6n-5c24)c2cccc4c5ccccc5c5ccccc5c5ccccc5n3c42)c([2H])c1[2H]. The van der Waals surface area contributed by atoms with Crippen molar-refractivity contribution < 1.29 is 6.85 Å². The van der Waals surface area contributed by atoms with Crippen molar-refractivity contribution in [2.75, 3.05) is 0 Å². The van der Waals surface area contributed by atoms with E-state index in [1.807, 2.05) is 6.07 Å². The number of hydrogen-bond donors (Lipinski definition) is 0. The van der Waals surface area contributed by atoms with Crippen molar-refractivity contribution in [1.29, 1.82) is 0 Å². The van der Waals surface area contributed by atoms with Gasteiger partial charge < -0.3 is 22.7 Å². The maximum Gasteiger partial charge on any atom is 0.252 e. The highest BCUT2D eigenvalue weighted by Gasteiger charge is 2.44. The topological polar surface area (TPSA) is 24.1 Å². The van der Waals surface area contributed by atoms with Gasteiger partial charge in [-0.15, -0.1) is 0 Å². The molecule has 0 saturated heterocycles. The van der Waals surface area contributed by atoms with Crippen molar-refractivity contribution in [2.24, 2.45) is 0 Å². The molecule has 0 spiro atoms. The van der Waals surface area contributed by atoms with Crippen LogP contribution in [0.1, 0.15) is 139 Å². The van der Waals surface area contributed by atoms with E-state index in [0.717, 1.165) is 132 Å². The van der Waals surface area contributed by atoms with E-state index in [-0.39, 0.29) is 56.8 Å². The van der Waals surface area contributed by atoms with Gasteiger partial charge in [0.2, 0.25) is 0 Å². The Balaban J connectivity index is 0.989. The summed E-state index contributed by atoms with van der Waals surface area (Å²) in [6, 6.07) is 87.2. The highest BCUT2D eigenvalue weighted by molar-refractivity contribution is 7.00. The van der Waals surface area contributed by atoms with Crippen molar-refractivity contribution in [3.05, 3.63) is 289 Å². The zero-order chi connectivity index (χ0) is 79.4. The fourth-order valence-corrected chi connectivity index (χ4v) is 19.6. The van der Waals surface area contributed by atoms with E-state index >= 15 is 0 Å². The van der Waals surface area contributed by atoms with Gasteiger partial charge in [-0.2, -0.15) is 0 Å². The third kappa shape index (κ3) is 8.99. The van der Waals surface area contributed by atoms with Gasteiger partial charge in [-0.05, 0) is 213 Å². The Labute approximate surface area is 649 Å². The fraction of sp³-hybridized carbons (Fsp3) is 0.192. The molecule has 110 heavy (non-hydrogen) atoms. The predicted molar refractivity (Wildman–Crippen MR) is 475 cm³/mol. The third-order valence-electron chi connectivity index (χ3n) is 25.2. The van der Waals surface area contributed by atoms with Crippen LogP contribution in [0.25, 0.3) is 181 Å². The van der Waals surface area contributed by atoms with E-state index < -0.39 is 12.8 Å². The molecule has 0 radical (unpaired) electrons. The molecule has 0 N–H and O–H groups in total. The lowest BCUT2D eigenvalue weighted by Crippen LogP contribution is -2.59. The Morgan fingerprint density at radius 1 is 0.264 bits per heavy atom.